The van der Waals surface area contributed by atoms with E-state index in [9.17, 15) is 14.4 Å². The highest BCUT2D eigenvalue weighted by atomic mass is 16.3. The Morgan fingerprint density at radius 3 is 2.55 bits per heavy atom. The number of imide groups is 1. The minimum absolute atomic E-state index is 0.0594. The third kappa shape index (κ3) is 3.77. The Hall–Kier alpha value is -3.09. The Labute approximate surface area is 169 Å². The Morgan fingerprint density at radius 1 is 1.17 bits per heavy atom. The normalized spacial score (nSPS) is 17.8. The Morgan fingerprint density at radius 2 is 1.90 bits per heavy atom. The number of carbonyl (C=O) groups is 3. The molecule has 7 heteroatoms. The van der Waals surface area contributed by atoms with Gasteiger partial charge in [-0.15, -0.1) is 0 Å². The molecule has 1 saturated carbocycles. The number of nitrogens with one attached hydrogen (secondary N) is 1. The van der Waals surface area contributed by atoms with E-state index in [2.05, 4.69) is 5.32 Å². The van der Waals surface area contributed by atoms with Crippen molar-refractivity contribution in [2.75, 3.05) is 11.4 Å². The van der Waals surface area contributed by atoms with Gasteiger partial charge < -0.3 is 14.6 Å². The number of benzene rings is 1. The van der Waals surface area contributed by atoms with Gasteiger partial charge in [0.2, 0.25) is 5.91 Å². The summed E-state index contributed by atoms with van der Waals surface area (Å²) in [6.07, 6.45) is 4.85. The highest BCUT2D eigenvalue weighted by Crippen LogP contribution is 2.35. The average molecular weight is 395 g/mol. The van der Waals surface area contributed by atoms with Crippen molar-refractivity contribution in [3.05, 3.63) is 54.0 Å². The monoisotopic (exact) mass is 395 g/mol. The van der Waals surface area contributed by atoms with E-state index in [0.717, 1.165) is 24.1 Å². The first-order chi connectivity index (χ1) is 14.0. The lowest BCUT2D eigenvalue weighted by atomic mass is 9.98. The van der Waals surface area contributed by atoms with Gasteiger partial charge in [0, 0.05) is 18.7 Å². The number of urea groups is 1. The summed E-state index contributed by atoms with van der Waals surface area (Å²) in [5, 5.41) is 2.85. The summed E-state index contributed by atoms with van der Waals surface area (Å²) < 4.78 is 5.41. The summed E-state index contributed by atoms with van der Waals surface area (Å²) in [4.78, 5) is 41.0. The summed E-state index contributed by atoms with van der Waals surface area (Å²) >= 11 is 0. The molecule has 0 unspecified atom stereocenters. The lowest BCUT2D eigenvalue weighted by molar-refractivity contribution is -0.131. The Kier molecular flexibility index (Phi) is 5.13. The molecule has 4 amide bonds. The van der Waals surface area contributed by atoms with Gasteiger partial charge in [-0.3, -0.25) is 14.5 Å². The number of rotatable bonds is 6. The van der Waals surface area contributed by atoms with Gasteiger partial charge in [-0.2, -0.15) is 0 Å². The third-order valence-corrected chi connectivity index (χ3v) is 5.79. The summed E-state index contributed by atoms with van der Waals surface area (Å²) in [7, 11) is 0. The van der Waals surface area contributed by atoms with Crippen LogP contribution in [0.2, 0.25) is 0 Å². The first-order valence-electron chi connectivity index (χ1n) is 10.0. The second kappa shape index (κ2) is 7.73. The molecule has 1 aromatic heterocycles. The van der Waals surface area contributed by atoms with Gasteiger partial charge >= 0.3 is 6.03 Å². The number of nitrogens with zero attached hydrogens (tertiary/aromatic N) is 2. The molecular formula is C22H25N3O4. The van der Waals surface area contributed by atoms with Crippen LogP contribution in [-0.4, -0.2) is 34.8 Å². The zero-order valence-electron chi connectivity index (χ0n) is 16.5. The molecule has 2 heterocycles. The van der Waals surface area contributed by atoms with Crippen molar-refractivity contribution >= 4 is 23.5 Å². The van der Waals surface area contributed by atoms with Crippen LogP contribution in [0.4, 0.5) is 10.5 Å². The van der Waals surface area contributed by atoms with Gasteiger partial charge in [0.25, 0.3) is 5.91 Å². The SMILES string of the molecule is Cc1ccc(N(Cc2ccco2)C(=O)CCN2C(=O)NC3(CCCC3)C2=O)cc1. The van der Waals surface area contributed by atoms with Crippen LogP contribution in [0.1, 0.15) is 43.4 Å². The maximum Gasteiger partial charge on any atom is 0.325 e. The maximum atomic E-state index is 13.1. The molecule has 1 aliphatic carbocycles. The first-order valence-corrected chi connectivity index (χ1v) is 10.0. The van der Waals surface area contributed by atoms with Crippen LogP contribution in [0.25, 0.3) is 0 Å². The molecule has 1 spiro atoms. The van der Waals surface area contributed by atoms with Crippen LogP contribution in [0.15, 0.2) is 47.1 Å². The van der Waals surface area contributed by atoms with Gasteiger partial charge in [-0.1, -0.05) is 30.5 Å². The molecule has 152 valence electrons. The fourth-order valence-electron chi connectivity index (χ4n) is 4.15. The van der Waals surface area contributed by atoms with E-state index in [1.54, 1.807) is 17.2 Å². The molecule has 2 aromatic rings. The van der Waals surface area contributed by atoms with Gasteiger partial charge in [-0.05, 0) is 44.0 Å². The molecule has 1 aromatic carbocycles. The van der Waals surface area contributed by atoms with Gasteiger partial charge in [0.15, 0.2) is 0 Å². The molecule has 7 nitrogen and oxygen atoms in total. The molecule has 1 saturated heterocycles. The predicted molar refractivity (Wildman–Crippen MR) is 107 cm³/mol. The molecule has 0 bridgehead atoms. The maximum absolute atomic E-state index is 13.1. The standard InChI is InChI=1S/C22H25N3O4/c1-16-6-8-17(9-7-16)25(15-18-5-4-14-29-18)19(26)10-13-24-20(27)22(23-21(24)28)11-2-3-12-22/h4-9,14H,2-3,10-13,15H2,1H3,(H,23,28). The summed E-state index contributed by atoms with van der Waals surface area (Å²) in [5.41, 5.74) is 1.10. The fraction of sp³-hybridized carbons (Fsp3) is 0.409. The molecule has 1 aliphatic heterocycles. The molecule has 2 fully saturated rings. The number of hydrogen-bond donors (Lipinski definition) is 1. The predicted octanol–water partition coefficient (Wildman–Crippen LogP) is 3.38. The summed E-state index contributed by atoms with van der Waals surface area (Å²) in [6, 6.07) is 10.9. The number of furan rings is 1. The minimum atomic E-state index is -0.745. The summed E-state index contributed by atoms with van der Waals surface area (Å²) in [5.74, 6) is 0.303. The van der Waals surface area contributed by atoms with E-state index in [1.165, 1.54) is 4.90 Å². The molecule has 4 rings (SSSR count). The largest absolute Gasteiger partial charge is 0.467 e. The van der Waals surface area contributed by atoms with Crippen molar-refractivity contribution in [1.82, 2.24) is 10.2 Å². The zero-order chi connectivity index (χ0) is 20.4. The van der Waals surface area contributed by atoms with E-state index in [0.29, 0.717) is 25.1 Å². The second-order valence-electron chi connectivity index (χ2n) is 7.82. The van der Waals surface area contributed by atoms with Crippen molar-refractivity contribution in [1.29, 1.82) is 0 Å². The number of aryl methyl sites for hydroxylation is 1. The Bertz CT molecular complexity index is 899. The van der Waals surface area contributed by atoms with E-state index in [1.807, 2.05) is 37.3 Å². The summed E-state index contributed by atoms with van der Waals surface area (Å²) in [6.45, 7) is 2.35. The van der Waals surface area contributed by atoms with Crippen molar-refractivity contribution in [2.45, 2.75) is 51.1 Å². The van der Waals surface area contributed by atoms with E-state index < -0.39 is 11.6 Å². The van der Waals surface area contributed by atoms with Crippen molar-refractivity contribution < 1.29 is 18.8 Å². The third-order valence-electron chi connectivity index (χ3n) is 5.79. The van der Waals surface area contributed by atoms with Gasteiger partial charge in [0.1, 0.15) is 11.3 Å². The smallest absolute Gasteiger partial charge is 0.325 e. The number of hydrogen-bond acceptors (Lipinski definition) is 4. The zero-order valence-corrected chi connectivity index (χ0v) is 16.5. The van der Waals surface area contributed by atoms with Crippen molar-refractivity contribution in [2.24, 2.45) is 0 Å². The molecule has 0 atom stereocenters. The van der Waals surface area contributed by atoms with Crippen LogP contribution in [0, 0.1) is 6.92 Å². The van der Waals surface area contributed by atoms with Crippen LogP contribution in [-0.2, 0) is 16.1 Å². The lowest BCUT2D eigenvalue weighted by Crippen LogP contribution is -2.44. The van der Waals surface area contributed by atoms with Crippen LogP contribution in [0.3, 0.4) is 0 Å². The van der Waals surface area contributed by atoms with Crippen LogP contribution >= 0.6 is 0 Å². The topological polar surface area (TPSA) is 82.9 Å². The molecule has 2 aliphatic rings. The van der Waals surface area contributed by atoms with Crippen LogP contribution in [0.5, 0.6) is 0 Å². The van der Waals surface area contributed by atoms with Crippen LogP contribution < -0.4 is 10.2 Å². The second-order valence-corrected chi connectivity index (χ2v) is 7.82. The van der Waals surface area contributed by atoms with E-state index >= 15 is 0 Å². The quantitative estimate of drug-likeness (QED) is 0.760. The molecule has 0 radical (unpaired) electrons. The van der Waals surface area contributed by atoms with E-state index in [4.69, 9.17) is 4.42 Å². The van der Waals surface area contributed by atoms with Crippen molar-refractivity contribution in [3.63, 3.8) is 0 Å². The molecular weight excluding hydrogens is 370 g/mol. The Balaban J connectivity index is 1.47. The fourth-order valence-corrected chi connectivity index (χ4v) is 4.15. The lowest BCUT2D eigenvalue weighted by Gasteiger charge is -2.24. The molecule has 29 heavy (non-hydrogen) atoms. The average Bonchev–Trinajstić information content (AvgIpc) is 3.43. The molecule has 1 N–H and O–H groups in total. The minimum Gasteiger partial charge on any atom is -0.467 e. The highest BCUT2D eigenvalue weighted by Gasteiger charge is 2.52. The highest BCUT2D eigenvalue weighted by molar-refractivity contribution is 6.07. The van der Waals surface area contributed by atoms with Gasteiger partial charge in [0.05, 0.1) is 12.8 Å². The van der Waals surface area contributed by atoms with Crippen molar-refractivity contribution in [3.8, 4) is 0 Å². The number of carbonyl (C=O) groups excluding carboxylic acids is 3. The first kappa shape index (κ1) is 19.2. The number of amides is 4. The van der Waals surface area contributed by atoms with E-state index in [-0.39, 0.29) is 24.8 Å². The van der Waals surface area contributed by atoms with Gasteiger partial charge in [-0.25, -0.2) is 4.79 Å². The number of anilines is 1.